The Morgan fingerprint density at radius 1 is 1.11 bits per heavy atom. The maximum Gasteiger partial charge on any atom is 0.0722 e. The van der Waals surface area contributed by atoms with Crippen molar-refractivity contribution in [1.82, 2.24) is 0 Å². The summed E-state index contributed by atoms with van der Waals surface area (Å²) in [5.41, 5.74) is 0.827. The van der Waals surface area contributed by atoms with E-state index in [1.807, 2.05) is 0 Å². The lowest BCUT2D eigenvalue weighted by Crippen LogP contribution is -2.32. The molecule has 0 bridgehead atoms. The molecule has 0 amide bonds. The lowest BCUT2D eigenvalue weighted by atomic mass is 9.83. The Balaban J connectivity index is 2.17. The minimum Gasteiger partial charge on any atom is -0.380 e. The number of rotatable bonds is 3. The van der Waals surface area contributed by atoms with Gasteiger partial charge >= 0.3 is 0 Å². The highest BCUT2D eigenvalue weighted by Gasteiger charge is 2.24. The standard InChI is InChI=1S/C14H18Cl3N/c1-2-9-5-3-4-6-13(9)18-14-11(16)7-10(15)8-12(14)17/h7-9,13,18H,2-6H2,1H3. The Bertz CT molecular complexity index is 396. The number of nitrogens with one attached hydrogen (secondary N) is 1. The van der Waals surface area contributed by atoms with Gasteiger partial charge in [0.05, 0.1) is 15.7 Å². The summed E-state index contributed by atoms with van der Waals surface area (Å²) >= 11 is 18.4. The first kappa shape index (κ1) is 14.3. The quantitative estimate of drug-likeness (QED) is 0.719. The molecule has 1 fully saturated rings. The van der Waals surface area contributed by atoms with E-state index in [1.165, 1.54) is 32.1 Å². The van der Waals surface area contributed by atoms with Crippen LogP contribution in [0.25, 0.3) is 0 Å². The van der Waals surface area contributed by atoms with Crippen LogP contribution in [0.4, 0.5) is 5.69 Å². The average Bonchev–Trinajstić information content (AvgIpc) is 2.34. The molecule has 2 atom stereocenters. The first-order valence-electron chi connectivity index (χ1n) is 6.53. The summed E-state index contributed by atoms with van der Waals surface area (Å²) in [4.78, 5) is 0. The second-order valence-electron chi connectivity index (χ2n) is 4.95. The molecule has 0 radical (unpaired) electrons. The van der Waals surface area contributed by atoms with Gasteiger partial charge in [-0.25, -0.2) is 0 Å². The molecule has 2 unspecified atom stereocenters. The molecule has 4 heteroatoms. The number of halogens is 3. The summed E-state index contributed by atoms with van der Waals surface area (Å²) in [5.74, 6) is 0.710. The van der Waals surface area contributed by atoms with Crippen molar-refractivity contribution >= 4 is 40.5 Å². The molecular formula is C14H18Cl3N. The van der Waals surface area contributed by atoms with E-state index in [0.29, 0.717) is 27.0 Å². The molecular weight excluding hydrogens is 289 g/mol. The zero-order valence-electron chi connectivity index (χ0n) is 10.5. The van der Waals surface area contributed by atoms with E-state index in [9.17, 15) is 0 Å². The Hall–Kier alpha value is -0.110. The number of hydrogen-bond acceptors (Lipinski definition) is 1. The number of hydrogen-bond donors (Lipinski definition) is 1. The van der Waals surface area contributed by atoms with E-state index in [2.05, 4.69) is 12.2 Å². The molecule has 0 aromatic heterocycles. The van der Waals surface area contributed by atoms with E-state index in [4.69, 9.17) is 34.8 Å². The van der Waals surface area contributed by atoms with Gasteiger partial charge in [-0.05, 0) is 30.9 Å². The van der Waals surface area contributed by atoms with Gasteiger partial charge in [-0.1, -0.05) is 61.0 Å². The molecule has 2 rings (SSSR count). The second-order valence-corrected chi connectivity index (χ2v) is 6.20. The second kappa shape index (κ2) is 6.36. The first-order chi connectivity index (χ1) is 8.61. The molecule has 0 heterocycles. The van der Waals surface area contributed by atoms with E-state index < -0.39 is 0 Å². The summed E-state index contributed by atoms with van der Waals surface area (Å²) in [5, 5.41) is 5.31. The molecule has 18 heavy (non-hydrogen) atoms. The normalized spacial score (nSPS) is 24.0. The van der Waals surface area contributed by atoms with E-state index >= 15 is 0 Å². The maximum absolute atomic E-state index is 6.21. The van der Waals surface area contributed by atoms with Crippen molar-refractivity contribution in [3.63, 3.8) is 0 Å². The van der Waals surface area contributed by atoms with Crippen LogP contribution in [0.15, 0.2) is 12.1 Å². The van der Waals surface area contributed by atoms with Crippen LogP contribution in [0.2, 0.25) is 15.1 Å². The molecule has 1 nitrogen and oxygen atoms in total. The zero-order valence-corrected chi connectivity index (χ0v) is 12.7. The van der Waals surface area contributed by atoms with Crippen molar-refractivity contribution in [3.05, 3.63) is 27.2 Å². The van der Waals surface area contributed by atoms with Crippen molar-refractivity contribution in [2.75, 3.05) is 5.32 Å². The summed E-state index contributed by atoms with van der Waals surface area (Å²) in [6.45, 7) is 2.25. The third-order valence-corrected chi connectivity index (χ3v) is 4.58. The molecule has 0 spiro atoms. The van der Waals surface area contributed by atoms with Crippen LogP contribution in [0.3, 0.4) is 0 Å². The van der Waals surface area contributed by atoms with Gasteiger partial charge in [-0.3, -0.25) is 0 Å². The predicted octanol–water partition coefficient (Wildman–Crippen LogP) is 6.03. The van der Waals surface area contributed by atoms with Crippen LogP contribution in [0.5, 0.6) is 0 Å². The third kappa shape index (κ3) is 3.26. The topological polar surface area (TPSA) is 12.0 Å². The molecule has 1 N–H and O–H groups in total. The Kier molecular flexibility index (Phi) is 5.06. The van der Waals surface area contributed by atoms with Gasteiger partial charge in [-0.15, -0.1) is 0 Å². The van der Waals surface area contributed by atoms with Crippen molar-refractivity contribution in [2.45, 2.75) is 45.1 Å². The molecule has 0 saturated heterocycles. The highest BCUT2D eigenvalue weighted by atomic mass is 35.5. The lowest BCUT2D eigenvalue weighted by molar-refractivity contribution is 0.317. The van der Waals surface area contributed by atoms with Gasteiger partial charge < -0.3 is 5.32 Å². The molecule has 1 saturated carbocycles. The number of anilines is 1. The van der Waals surface area contributed by atoms with Crippen LogP contribution in [0.1, 0.15) is 39.0 Å². The Labute approximate surface area is 124 Å². The molecule has 1 aromatic carbocycles. The largest absolute Gasteiger partial charge is 0.380 e. The van der Waals surface area contributed by atoms with E-state index in [0.717, 1.165) is 5.69 Å². The predicted molar refractivity (Wildman–Crippen MR) is 81.1 cm³/mol. The highest BCUT2D eigenvalue weighted by molar-refractivity contribution is 6.41. The molecule has 1 aromatic rings. The van der Waals surface area contributed by atoms with Crippen LogP contribution < -0.4 is 5.32 Å². The summed E-state index contributed by atoms with van der Waals surface area (Å²) in [7, 11) is 0. The summed E-state index contributed by atoms with van der Waals surface area (Å²) in [6, 6.07) is 3.95. The van der Waals surface area contributed by atoms with Gasteiger partial charge in [0.1, 0.15) is 0 Å². The fraction of sp³-hybridized carbons (Fsp3) is 0.571. The Morgan fingerprint density at radius 2 is 1.72 bits per heavy atom. The van der Waals surface area contributed by atoms with E-state index in [-0.39, 0.29) is 0 Å². The Morgan fingerprint density at radius 3 is 2.33 bits per heavy atom. The minimum atomic E-state index is 0.472. The molecule has 1 aliphatic rings. The summed E-state index contributed by atoms with van der Waals surface area (Å²) < 4.78 is 0. The SMILES string of the molecule is CCC1CCCCC1Nc1c(Cl)cc(Cl)cc1Cl. The van der Waals surface area contributed by atoms with Gasteiger partial charge in [-0.2, -0.15) is 0 Å². The van der Waals surface area contributed by atoms with Crippen LogP contribution >= 0.6 is 34.8 Å². The third-order valence-electron chi connectivity index (χ3n) is 3.77. The number of benzene rings is 1. The average molecular weight is 307 g/mol. The smallest absolute Gasteiger partial charge is 0.0722 e. The van der Waals surface area contributed by atoms with Gasteiger partial charge in [0, 0.05) is 11.1 Å². The van der Waals surface area contributed by atoms with Crippen LogP contribution in [-0.2, 0) is 0 Å². The van der Waals surface area contributed by atoms with Crippen molar-refractivity contribution in [2.24, 2.45) is 5.92 Å². The summed E-state index contributed by atoms with van der Waals surface area (Å²) in [6.07, 6.45) is 6.28. The highest BCUT2D eigenvalue weighted by Crippen LogP contribution is 2.37. The molecule has 0 aliphatic heterocycles. The fourth-order valence-corrected chi connectivity index (χ4v) is 3.68. The fourth-order valence-electron chi connectivity index (χ4n) is 2.75. The monoisotopic (exact) mass is 305 g/mol. The molecule has 100 valence electrons. The van der Waals surface area contributed by atoms with E-state index in [1.54, 1.807) is 12.1 Å². The first-order valence-corrected chi connectivity index (χ1v) is 7.66. The maximum atomic E-state index is 6.21. The van der Waals surface area contributed by atoms with Crippen molar-refractivity contribution < 1.29 is 0 Å². The lowest BCUT2D eigenvalue weighted by Gasteiger charge is -2.32. The van der Waals surface area contributed by atoms with Gasteiger partial charge in [0.15, 0.2) is 0 Å². The van der Waals surface area contributed by atoms with Crippen molar-refractivity contribution in [1.29, 1.82) is 0 Å². The van der Waals surface area contributed by atoms with Crippen molar-refractivity contribution in [3.8, 4) is 0 Å². The van der Waals surface area contributed by atoms with Crippen LogP contribution in [0, 0.1) is 5.92 Å². The zero-order chi connectivity index (χ0) is 13.1. The van der Waals surface area contributed by atoms with Crippen LogP contribution in [-0.4, -0.2) is 6.04 Å². The van der Waals surface area contributed by atoms with Gasteiger partial charge in [0.25, 0.3) is 0 Å². The molecule has 1 aliphatic carbocycles. The van der Waals surface area contributed by atoms with Gasteiger partial charge in [0.2, 0.25) is 0 Å². The minimum absolute atomic E-state index is 0.472.